The summed E-state index contributed by atoms with van der Waals surface area (Å²) < 4.78 is 5.69. The van der Waals surface area contributed by atoms with Gasteiger partial charge in [-0.15, -0.1) is 0 Å². The predicted molar refractivity (Wildman–Crippen MR) is 124 cm³/mol. The molecule has 2 aromatic carbocycles. The summed E-state index contributed by atoms with van der Waals surface area (Å²) in [6, 6.07) is 10.8. The zero-order valence-electron chi connectivity index (χ0n) is 18.6. The second-order valence-electron chi connectivity index (χ2n) is 9.10. The number of halogens is 1. The molecular weight excluding hydrogens is 426 g/mol. The smallest absolute Gasteiger partial charge is 0.251 e. The van der Waals surface area contributed by atoms with Gasteiger partial charge in [0.1, 0.15) is 11.6 Å². The van der Waals surface area contributed by atoms with Crippen molar-refractivity contribution < 1.29 is 14.3 Å². The number of benzene rings is 2. The molecule has 6 nitrogen and oxygen atoms in total. The third-order valence-corrected chi connectivity index (χ3v) is 6.19. The Morgan fingerprint density at radius 1 is 1.31 bits per heavy atom. The first-order chi connectivity index (χ1) is 15.1. The maximum atomic E-state index is 13.1. The van der Waals surface area contributed by atoms with E-state index in [1.165, 1.54) is 0 Å². The van der Waals surface area contributed by atoms with Crippen LogP contribution in [0.15, 0.2) is 48.8 Å². The lowest BCUT2D eigenvalue weighted by Gasteiger charge is -2.40. The number of hydrogen-bond donors (Lipinski definition) is 2. The van der Waals surface area contributed by atoms with Crippen LogP contribution in [0.1, 0.15) is 59.8 Å². The molecule has 2 amide bonds. The van der Waals surface area contributed by atoms with Crippen molar-refractivity contribution in [2.75, 3.05) is 6.61 Å². The van der Waals surface area contributed by atoms with Crippen LogP contribution in [-0.2, 0) is 11.3 Å². The van der Waals surface area contributed by atoms with Gasteiger partial charge in [0.2, 0.25) is 5.91 Å². The third kappa shape index (κ3) is 4.60. The number of hydrogen-bond acceptors (Lipinski definition) is 4. The molecule has 4 rings (SSSR count). The topological polar surface area (TPSA) is 70.7 Å². The van der Waals surface area contributed by atoms with Crippen LogP contribution in [0.3, 0.4) is 0 Å². The van der Waals surface area contributed by atoms with E-state index in [1.807, 2.05) is 45.0 Å². The number of nitrogens with zero attached hydrogens (tertiary/aromatic N) is 1. The van der Waals surface area contributed by atoms with E-state index >= 15 is 0 Å². The maximum Gasteiger partial charge on any atom is 0.251 e. The standard InChI is InChI=1S/C25H28ClN3O3/c1-15-5-6-17(11-18(15)14-29-16(2)28-25(3,4)13-23(29)30)24(31)27-21-9-10-32-22-8-7-19(26)12-20(21)22/h5-8,11-12,21,28H,2,9-10,13-14H2,1,3-4H3,(H,27,31). The third-order valence-electron chi connectivity index (χ3n) is 5.96. The molecule has 1 unspecified atom stereocenters. The molecular formula is C25H28ClN3O3. The van der Waals surface area contributed by atoms with Gasteiger partial charge in [-0.2, -0.15) is 0 Å². The number of carbonyl (C=O) groups is 2. The van der Waals surface area contributed by atoms with E-state index in [-0.39, 0.29) is 23.4 Å². The molecule has 2 heterocycles. The molecule has 0 spiro atoms. The second-order valence-corrected chi connectivity index (χ2v) is 9.54. The first kappa shape index (κ1) is 22.2. The van der Waals surface area contributed by atoms with E-state index in [0.29, 0.717) is 42.4 Å². The highest BCUT2D eigenvalue weighted by Gasteiger charge is 2.33. The van der Waals surface area contributed by atoms with Crippen molar-refractivity contribution in [2.24, 2.45) is 0 Å². The van der Waals surface area contributed by atoms with Gasteiger partial charge in [0, 0.05) is 34.5 Å². The summed E-state index contributed by atoms with van der Waals surface area (Å²) in [6.45, 7) is 10.8. The average Bonchev–Trinajstić information content (AvgIpc) is 2.71. The van der Waals surface area contributed by atoms with Gasteiger partial charge < -0.3 is 15.4 Å². The van der Waals surface area contributed by atoms with Crippen LogP contribution in [0.4, 0.5) is 0 Å². The van der Waals surface area contributed by atoms with E-state index in [2.05, 4.69) is 17.2 Å². The quantitative estimate of drug-likeness (QED) is 0.716. The van der Waals surface area contributed by atoms with Gasteiger partial charge in [0.15, 0.2) is 0 Å². The van der Waals surface area contributed by atoms with Gasteiger partial charge in [-0.05, 0) is 62.2 Å². The molecule has 0 aromatic heterocycles. The van der Waals surface area contributed by atoms with Crippen LogP contribution in [0, 0.1) is 6.92 Å². The monoisotopic (exact) mass is 453 g/mol. The zero-order valence-corrected chi connectivity index (χ0v) is 19.4. The number of fused-ring (bicyclic) bond motifs is 1. The SMILES string of the molecule is C=C1NC(C)(C)CC(=O)N1Cc1cc(C(=O)NC2CCOc3ccc(Cl)cc32)ccc1C. The molecule has 0 bridgehead atoms. The summed E-state index contributed by atoms with van der Waals surface area (Å²) in [5.41, 5.74) is 3.03. The predicted octanol–water partition coefficient (Wildman–Crippen LogP) is 4.47. The maximum absolute atomic E-state index is 13.1. The number of aryl methyl sites for hydroxylation is 1. The Hall–Kier alpha value is -2.99. The van der Waals surface area contributed by atoms with Crippen LogP contribution < -0.4 is 15.4 Å². The zero-order chi connectivity index (χ0) is 23.0. The van der Waals surface area contributed by atoms with Gasteiger partial charge in [-0.25, -0.2) is 0 Å². The van der Waals surface area contributed by atoms with E-state index in [4.69, 9.17) is 16.3 Å². The molecule has 2 aliphatic heterocycles. The fourth-order valence-corrected chi connectivity index (χ4v) is 4.40. The van der Waals surface area contributed by atoms with Crippen molar-refractivity contribution in [3.05, 3.63) is 76.1 Å². The Labute approximate surface area is 193 Å². The number of carbonyl (C=O) groups excluding carboxylic acids is 2. The van der Waals surface area contributed by atoms with Crippen LogP contribution in [-0.4, -0.2) is 28.9 Å². The lowest BCUT2D eigenvalue weighted by molar-refractivity contribution is -0.133. The molecule has 1 atom stereocenters. The van der Waals surface area contributed by atoms with Gasteiger partial charge in [-0.3, -0.25) is 14.5 Å². The molecule has 1 fully saturated rings. The Morgan fingerprint density at radius 2 is 2.09 bits per heavy atom. The van der Waals surface area contributed by atoms with Crippen LogP contribution in [0.25, 0.3) is 0 Å². The van der Waals surface area contributed by atoms with Crippen molar-refractivity contribution in [2.45, 2.75) is 51.7 Å². The van der Waals surface area contributed by atoms with Gasteiger partial charge in [0.25, 0.3) is 5.91 Å². The highest BCUT2D eigenvalue weighted by atomic mass is 35.5. The first-order valence-corrected chi connectivity index (χ1v) is 11.1. The van der Waals surface area contributed by atoms with Gasteiger partial charge in [0.05, 0.1) is 19.2 Å². The first-order valence-electron chi connectivity index (χ1n) is 10.7. The average molecular weight is 454 g/mol. The highest BCUT2D eigenvalue weighted by Crippen LogP contribution is 2.34. The van der Waals surface area contributed by atoms with Gasteiger partial charge in [-0.1, -0.05) is 24.2 Å². The Bertz CT molecular complexity index is 1080. The molecule has 1 saturated heterocycles. The summed E-state index contributed by atoms with van der Waals surface area (Å²) >= 11 is 6.15. The van der Waals surface area contributed by atoms with Crippen molar-refractivity contribution in [1.29, 1.82) is 0 Å². The largest absolute Gasteiger partial charge is 0.493 e. The summed E-state index contributed by atoms with van der Waals surface area (Å²) in [6.07, 6.45) is 1.05. The minimum Gasteiger partial charge on any atom is -0.493 e. The Balaban J connectivity index is 1.52. The second kappa shape index (κ2) is 8.51. The summed E-state index contributed by atoms with van der Waals surface area (Å²) in [5, 5.41) is 7.01. The Morgan fingerprint density at radius 3 is 2.84 bits per heavy atom. The fourth-order valence-electron chi connectivity index (χ4n) is 4.22. The molecule has 0 radical (unpaired) electrons. The molecule has 168 valence electrons. The van der Waals surface area contributed by atoms with E-state index in [1.54, 1.807) is 17.0 Å². The molecule has 7 heteroatoms. The van der Waals surface area contributed by atoms with Crippen LogP contribution in [0.2, 0.25) is 5.02 Å². The number of amides is 2. The van der Waals surface area contributed by atoms with Crippen molar-refractivity contribution in [3.8, 4) is 5.75 Å². The van der Waals surface area contributed by atoms with Crippen LogP contribution in [0.5, 0.6) is 5.75 Å². The summed E-state index contributed by atoms with van der Waals surface area (Å²) in [7, 11) is 0. The normalized spacial score (nSPS) is 19.6. The molecule has 32 heavy (non-hydrogen) atoms. The van der Waals surface area contributed by atoms with Crippen molar-refractivity contribution in [3.63, 3.8) is 0 Å². The lowest BCUT2D eigenvalue weighted by Crippen LogP contribution is -2.53. The Kier molecular flexibility index (Phi) is 5.91. The molecule has 2 aliphatic rings. The summed E-state index contributed by atoms with van der Waals surface area (Å²) in [5.74, 6) is 1.17. The van der Waals surface area contributed by atoms with Crippen LogP contribution >= 0.6 is 11.6 Å². The van der Waals surface area contributed by atoms with E-state index in [9.17, 15) is 9.59 Å². The number of rotatable bonds is 4. The van der Waals surface area contributed by atoms with Gasteiger partial charge >= 0.3 is 0 Å². The number of nitrogens with one attached hydrogen (secondary N) is 2. The van der Waals surface area contributed by atoms with Crippen molar-refractivity contribution in [1.82, 2.24) is 15.5 Å². The minimum atomic E-state index is -0.315. The van der Waals surface area contributed by atoms with E-state index < -0.39 is 0 Å². The lowest BCUT2D eigenvalue weighted by atomic mass is 9.96. The minimum absolute atomic E-state index is 0.0173. The fraction of sp³-hybridized carbons (Fsp3) is 0.360. The number of ether oxygens (including phenoxy) is 1. The molecule has 0 aliphatic carbocycles. The summed E-state index contributed by atoms with van der Waals surface area (Å²) in [4.78, 5) is 27.4. The van der Waals surface area contributed by atoms with Crippen molar-refractivity contribution >= 4 is 23.4 Å². The molecule has 2 aromatic rings. The molecule has 0 saturated carbocycles. The molecule has 2 N–H and O–H groups in total. The van der Waals surface area contributed by atoms with E-state index in [0.717, 1.165) is 22.4 Å². The highest BCUT2D eigenvalue weighted by molar-refractivity contribution is 6.30.